The van der Waals surface area contributed by atoms with E-state index in [9.17, 15) is 0 Å². The molecule has 1 fully saturated rings. The van der Waals surface area contributed by atoms with Gasteiger partial charge in [-0.15, -0.1) is 0 Å². The number of nitrogens with zero attached hydrogens (tertiary/aromatic N) is 2. The lowest BCUT2D eigenvalue weighted by atomic mass is 9.76. The van der Waals surface area contributed by atoms with Crippen LogP contribution in [-0.4, -0.2) is 42.5 Å². The Morgan fingerprint density at radius 2 is 2.00 bits per heavy atom. The van der Waals surface area contributed by atoms with Gasteiger partial charge < -0.3 is 4.90 Å². The zero-order valence-electron chi connectivity index (χ0n) is 14.3. The van der Waals surface area contributed by atoms with Crippen LogP contribution in [0.3, 0.4) is 0 Å². The van der Waals surface area contributed by atoms with Crippen LogP contribution in [0.25, 0.3) is 0 Å². The predicted molar refractivity (Wildman–Crippen MR) is 89.9 cm³/mol. The lowest BCUT2D eigenvalue weighted by Gasteiger charge is -2.43. The maximum atomic E-state index is 2.72. The van der Waals surface area contributed by atoms with E-state index in [1.165, 1.54) is 31.6 Å². The average Bonchev–Trinajstić information content (AvgIpc) is 2.84. The van der Waals surface area contributed by atoms with Crippen LogP contribution in [0, 0.1) is 0 Å². The first-order chi connectivity index (χ1) is 9.87. The minimum atomic E-state index is 0.264. The van der Waals surface area contributed by atoms with E-state index in [1.807, 2.05) is 0 Å². The predicted octanol–water partition coefficient (Wildman–Crippen LogP) is 3.61. The largest absolute Gasteiger partial charge is 0.305 e. The van der Waals surface area contributed by atoms with E-state index in [-0.39, 0.29) is 5.41 Å². The monoisotopic (exact) mass is 286 g/mol. The van der Waals surface area contributed by atoms with Gasteiger partial charge in [0.2, 0.25) is 0 Å². The Balaban J connectivity index is 1.88. The summed E-state index contributed by atoms with van der Waals surface area (Å²) in [5, 5.41) is 0. The van der Waals surface area contributed by atoms with Gasteiger partial charge in [-0.05, 0) is 42.6 Å². The molecule has 2 nitrogen and oxygen atoms in total. The third-order valence-corrected chi connectivity index (χ3v) is 5.38. The average molecular weight is 286 g/mol. The molecule has 1 aromatic carbocycles. The fourth-order valence-corrected chi connectivity index (χ4v) is 4.06. The molecule has 0 radical (unpaired) electrons. The van der Waals surface area contributed by atoms with Crippen molar-refractivity contribution in [2.24, 2.45) is 0 Å². The Kier molecular flexibility index (Phi) is 3.87. The van der Waals surface area contributed by atoms with Crippen LogP contribution in [-0.2, 0) is 12.0 Å². The summed E-state index contributed by atoms with van der Waals surface area (Å²) in [4.78, 5) is 5.19. The van der Waals surface area contributed by atoms with Gasteiger partial charge in [-0.1, -0.05) is 45.9 Å². The molecule has 1 saturated heterocycles. The standard InChI is InChI=1S/C19H30N2/c1-14(2)15-6-7-16-11-21(17-8-9-20(5)12-17)13-19(3,4)18(16)10-15/h6-7,10,14,17H,8-9,11-13H2,1-5H3. The highest BCUT2D eigenvalue weighted by atomic mass is 15.2. The van der Waals surface area contributed by atoms with Crippen LogP contribution in [0.2, 0.25) is 0 Å². The molecular formula is C19H30N2. The second-order valence-electron chi connectivity index (χ2n) is 8.06. The number of likely N-dealkylation sites (tertiary alicyclic amines) is 1. The molecule has 2 heteroatoms. The van der Waals surface area contributed by atoms with Gasteiger partial charge >= 0.3 is 0 Å². The second kappa shape index (κ2) is 5.40. The van der Waals surface area contributed by atoms with Gasteiger partial charge in [0.05, 0.1) is 0 Å². The first-order valence-electron chi connectivity index (χ1n) is 8.43. The molecule has 2 heterocycles. The molecule has 0 saturated carbocycles. The van der Waals surface area contributed by atoms with Gasteiger partial charge in [-0.2, -0.15) is 0 Å². The van der Waals surface area contributed by atoms with Crippen molar-refractivity contribution in [2.45, 2.75) is 58.0 Å². The fourth-order valence-electron chi connectivity index (χ4n) is 4.06. The summed E-state index contributed by atoms with van der Waals surface area (Å²) in [6, 6.07) is 7.94. The van der Waals surface area contributed by atoms with Crippen molar-refractivity contribution in [2.75, 3.05) is 26.7 Å². The van der Waals surface area contributed by atoms with Crippen molar-refractivity contribution in [1.29, 1.82) is 0 Å². The van der Waals surface area contributed by atoms with E-state index < -0.39 is 0 Å². The van der Waals surface area contributed by atoms with E-state index in [1.54, 1.807) is 11.1 Å². The van der Waals surface area contributed by atoms with Gasteiger partial charge in [0.15, 0.2) is 0 Å². The molecule has 0 bridgehead atoms. The molecule has 1 unspecified atom stereocenters. The zero-order valence-corrected chi connectivity index (χ0v) is 14.3. The van der Waals surface area contributed by atoms with Crippen LogP contribution in [0.15, 0.2) is 18.2 Å². The number of rotatable bonds is 2. The SMILES string of the molecule is CC(C)c1ccc2c(c1)C(C)(C)CN(C1CCN(C)C1)C2. The van der Waals surface area contributed by atoms with Gasteiger partial charge in [0, 0.05) is 31.1 Å². The summed E-state index contributed by atoms with van der Waals surface area (Å²) in [5.41, 5.74) is 4.87. The topological polar surface area (TPSA) is 6.48 Å². The molecule has 3 rings (SSSR count). The van der Waals surface area contributed by atoms with Crippen molar-refractivity contribution >= 4 is 0 Å². The van der Waals surface area contributed by atoms with E-state index in [2.05, 4.69) is 62.7 Å². The minimum Gasteiger partial charge on any atom is -0.305 e. The molecule has 1 atom stereocenters. The number of fused-ring (bicyclic) bond motifs is 1. The molecule has 1 aromatic rings. The lowest BCUT2D eigenvalue weighted by Crippen LogP contribution is -2.47. The van der Waals surface area contributed by atoms with E-state index in [0.29, 0.717) is 5.92 Å². The third-order valence-electron chi connectivity index (χ3n) is 5.38. The number of hydrogen-bond donors (Lipinski definition) is 0. The summed E-state index contributed by atoms with van der Waals surface area (Å²) in [5.74, 6) is 0.618. The van der Waals surface area contributed by atoms with Crippen LogP contribution >= 0.6 is 0 Å². The molecule has 0 spiro atoms. The highest BCUT2D eigenvalue weighted by molar-refractivity contribution is 5.40. The Morgan fingerprint density at radius 1 is 1.24 bits per heavy atom. The minimum absolute atomic E-state index is 0.264. The van der Waals surface area contributed by atoms with Crippen molar-refractivity contribution < 1.29 is 0 Å². The molecular weight excluding hydrogens is 256 g/mol. The number of likely N-dealkylation sites (N-methyl/N-ethyl adjacent to an activating group) is 1. The Hall–Kier alpha value is -0.860. The van der Waals surface area contributed by atoms with Crippen LogP contribution in [0.4, 0.5) is 0 Å². The molecule has 0 N–H and O–H groups in total. The number of benzene rings is 1. The van der Waals surface area contributed by atoms with Gasteiger partial charge in [-0.3, -0.25) is 4.90 Å². The Morgan fingerprint density at radius 3 is 2.62 bits per heavy atom. The molecule has 116 valence electrons. The first-order valence-corrected chi connectivity index (χ1v) is 8.43. The molecule has 21 heavy (non-hydrogen) atoms. The maximum Gasteiger partial charge on any atom is 0.0240 e. The highest BCUT2D eigenvalue weighted by Crippen LogP contribution is 2.36. The van der Waals surface area contributed by atoms with Crippen LogP contribution < -0.4 is 0 Å². The summed E-state index contributed by atoms with van der Waals surface area (Å²) in [6.45, 7) is 14.2. The van der Waals surface area contributed by atoms with Crippen molar-refractivity contribution in [3.63, 3.8) is 0 Å². The molecule has 0 aliphatic carbocycles. The molecule has 2 aliphatic rings. The van der Waals surface area contributed by atoms with E-state index >= 15 is 0 Å². The van der Waals surface area contributed by atoms with E-state index in [4.69, 9.17) is 0 Å². The molecule has 0 amide bonds. The normalized spacial score (nSPS) is 26.3. The van der Waals surface area contributed by atoms with E-state index in [0.717, 1.165) is 12.6 Å². The summed E-state index contributed by atoms with van der Waals surface area (Å²) < 4.78 is 0. The third kappa shape index (κ3) is 2.89. The smallest absolute Gasteiger partial charge is 0.0240 e. The van der Waals surface area contributed by atoms with Crippen molar-refractivity contribution in [3.05, 3.63) is 34.9 Å². The van der Waals surface area contributed by atoms with Crippen LogP contribution in [0.1, 0.15) is 56.7 Å². The van der Waals surface area contributed by atoms with Gasteiger partial charge in [0.1, 0.15) is 0 Å². The second-order valence-corrected chi connectivity index (χ2v) is 8.06. The maximum absolute atomic E-state index is 2.72. The van der Waals surface area contributed by atoms with Crippen LogP contribution in [0.5, 0.6) is 0 Å². The molecule has 0 aromatic heterocycles. The Bertz CT molecular complexity index is 518. The summed E-state index contributed by atoms with van der Waals surface area (Å²) >= 11 is 0. The first kappa shape index (κ1) is 15.1. The highest BCUT2D eigenvalue weighted by Gasteiger charge is 2.36. The zero-order chi connectivity index (χ0) is 15.2. The lowest BCUT2D eigenvalue weighted by molar-refractivity contribution is 0.138. The Labute approximate surface area is 130 Å². The fraction of sp³-hybridized carbons (Fsp3) is 0.684. The van der Waals surface area contributed by atoms with Crippen molar-refractivity contribution in [3.8, 4) is 0 Å². The van der Waals surface area contributed by atoms with Gasteiger partial charge in [-0.25, -0.2) is 0 Å². The molecule has 2 aliphatic heterocycles. The number of hydrogen-bond acceptors (Lipinski definition) is 2. The summed E-state index contributed by atoms with van der Waals surface area (Å²) in [7, 11) is 2.25. The summed E-state index contributed by atoms with van der Waals surface area (Å²) in [6.07, 6.45) is 1.33. The quantitative estimate of drug-likeness (QED) is 0.819. The van der Waals surface area contributed by atoms with Gasteiger partial charge in [0.25, 0.3) is 0 Å². The van der Waals surface area contributed by atoms with Crippen molar-refractivity contribution in [1.82, 2.24) is 9.80 Å².